The zero-order valence-corrected chi connectivity index (χ0v) is 13.4. The van der Waals surface area contributed by atoms with Gasteiger partial charge in [-0.05, 0) is 44.2 Å². The zero-order valence-electron chi connectivity index (χ0n) is 12.6. The van der Waals surface area contributed by atoms with Gasteiger partial charge in [0.2, 0.25) is 5.91 Å². The number of carbonyl (C=O) groups is 1. The number of carbonyl (C=O) groups excluding carboxylic acids is 1. The van der Waals surface area contributed by atoms with E-state index in [0.29, 0.717) is 0 Å². The maximum absolute atomic E-state index is 12.0. The number of anilines is 1. The van der Waals surface area contributed by atoms with E-state index in [2.05, 4.69) is 41.5 Å². The highest BCUT2D eigenvalue weighted by Gasteiger charge is 2.27. The van der Waals surface area contributed by atoms with Crippen LogP contribution in [0.3, 0.4) is 0 Å². The Morgan fingerprint density at radius 3 is 2.95 bits per heavy atom. The first-order valence-corrected chi connectivity index (χ1v) is 8.60. The van der Waals surface area contributed by atoms with Gasteiger partial charge in [-0.3, -0.25) is 9.79 Å². The smallest absolute Gasteiger partial charge is 0.246 e. The van der Waals surface area contributed by atoms with Crippen molar-refractivity contribution < 1.29 is 4.79 Å². The molecule has 1 aromatic heterocycles. The van der Waals surface area contributed by atoms with Gasteiger partial charge in [0.25, 0.3) is 0 Å². The van der Waals surface area contributed by atoms with Crippen molar-refractivity contribution in [3.8, 4) is 0 Å². The lowest BCUT2D eigenvalue weighted by Gasteiger charge is -2.14. The summed E-state index contributed by atoms with van der Waals surface area (Å²) in [5, 5.41) is 4.05. The summed E-state index contributed by atoms with van der Waals surface area (Å²) in [7, 11) is 0. The molecule has 0 spiro atoms. The van der Waals surface area contributed by atoms with Crippen molar-refractivity contribution >= 4 is 28.0 Å². The van der Waals surface area contributed by atoms with E-state index in [1.54, 1.807) is 11.3 Å². The molecule has 0 bridgehead atoms. The van der Waals surface area contributed by atoms with Gasteiger partial charge < -0.3 is 5.32 Å². The molecule has 0 unspecified atom stereocenters. The number of fused-ring (bicyclic) bond motifs is 3. The molecule has 0 saturated heterocycles. The highest BCUT2D eigenvalue weighted by molar-refractivity contribution is 7.17. The minimum atomic E-state index is -0.0116. The lowest BCUT2D eigenvalue weighted by atomic mass is 9.91. The Hall–Kier alpha value is -1.94. The third-order valence-electron chi connectivity index (χ3n) is 4.33. The fraction of sp³-hybridized carbons (Fsp3) is 0.333. The summed E-state index contributed by atoms with van der Waals surface area (Å²) < 4.78 is 0. The van der Waals surface area contributed by atoms with Crippen LogP contribution in [0.25, 0.3) is 0 Å². The maximum Gasteiger partial charge on any atom is 0.246 e. The van der Waals surface area contributed by atoms with Crippen molar-refractivity contribution in [1.29, 1.82) is 0 Å². The van der Waals surface area contributed by atoms with E-state index in [1.807, 2.05) is 0 Å². The number of benzene rings is 1. The van der Waals surface area contributed by atoms with Gasteiger partial charge in [0, 0.05) is 16.0 Å². The lowest BCUT2D eigenvalue weighted by Crippen LogP contribution is -2.12. The van der Waals surface area contributed by atoms with E-state index < -0.39 is 0 Å². The Labute approximate surface area is 134 Å². The number of hydrogen-bond donors (Lipinski definition) is 1. The van der Waals surface area contributed by atoms with Crippen molar-refractivity contribution in [2.24, 2.45) is 4.99 Å². The fourth-order valence-electron chi connectivity index (χ4n) is 3.33. The third kappa shape index (κ3) is 2.28. The molecule has 0 saturated carbocycles. The van der Waals surface area contributed by atoms with Crippen molar-refractivity contribution in [2.75, 3.05) is 11.9 Å². The Morgan fingerprint density at radius 1 is 1.23 bits per heavy atom. The Morgan fingerprint density at radius 2 is 2.09 bits per heavy atom. The predicted octanol–water partition coefficient (Wildman–Crippen LogP) is 3.72. The SMILES string of the molecule is Cc1cccc(C2=NCC(=O)Nc3sc4c(c32)CCCC4)c1. The van der Waals surface area contributed by atoms with E-state index in [1.165, 1.54) is 34.4 Å². The molecule has 1 aromatic carbocycles. The second-order valence-electron chi connectivity index (χ2n) is 6.00. The first-order chi connectivity index (χ1) is 10.7. The Bertz CT molecular complexity index is 788. The van der Waals surface area contributed by atoms with Crippen molar-refractivity contribution in [3.05, 3.63) is 51.4 Å². The molecule has 1 aliphatic carbocycles. The number of aryl methyl sites for hydroxylation is 2. The normalized spacial score (nSPS) is 17.1. The minimum Gasteiger partial charge on any atom is -0.316 e. The van der Waals surface area contributed by atoms with Gasteiger partial charge in [-0.2, -0.15) is 0 Å². The van der Waals surface area contributed by atoms with Crippen LogP contribution < -0.4 is 5.32 Å². The van der Waals surface area contributed by atoms with Gasteiger partial charge in [0.1, 0.15) is 11.5 Å². The van der Waals surface area contributed by atoms with Crippen molar-refractivity contribution in [2.45, 2.75) is 32.6 Å². The summed E-state index contributed by atoms with van der Waals surface area (Å²) in [6.45, 7) is 2.30. The van der Waals surface area contributed by atoms with Crippen LogP contribution in [-0.2, 0) is 17.6 Å². The number of nitrogens with zero attached hydrogens (tertiary/aromatic N) is 1. The molecule has 22 heavy (non-hydrogen) atoms. The van der Waals surface area contributed by atoms with Crippen LogP contribution >= 0.6 is 11.3 Å². The first kappa shape index (κ1) is 13.7. The van der Waals surface area contributed by atoms with E-state index >= 15 is 0 Å². The van der Waals surface area contributed by atoms with E-state index in [-0.39, 0.29) is 12.5 Å². The summed E-state index contributed by atoms with van der Waals surface area (Å²) in [5.41, 5.74) is 5.90. The molecule has 2 heterocycles. The third-order valence-corrected chi connectivity index (χ3v) is 5.54. The molecule has 0 radical (unpaired) electrons. The largest absolute Gasteiger partial charge is 0.316 e. The highest BCUT2D eigenvalue weighted by atomic mass is 32.1. The van der Waals surface area contributed by atoms with Crippen LogP contribution in [-0.4, -0.2) is 18.2 Å². The van der Waals surface area contributed by atoms with Gasteiger partial charge in [0.05, 0.1) is 5.71 Å². The Balaban J connectivity index is 1.93. The molecule has 0 atom stereocenters. The predicted molar refractivity (Wildman–Crippen MR) is 91.3 cm³/mol. The van der Waals surface area contributed by atoms with Crippen LogP contribution in [0.5, 0.6) is 0 Å². The number of aliphatic imine (C=N–C) groups is 1. The molecular formula is C18H18N2OS. The molecule has 2 aliphatic rings. The van der Waals surface area contributed by atoms with Crippen LogP contribution in [0.1, 0.15) is 40.0 Å². The van der Waals surface area contributed by atoms with Crippen LogP contribution in [0, 0.1) is 6.92 Å². The van der Waals surface area contributed by atoms with E-state index in [4.69, 9.17) is 0 Å². The van der Waals surface area contributed by atoms with Crippen LogP contribution in [0.15, 0.2) is 29.3 Å². The number of thiophene rings is 1. The zero-order chi connectivity index (χ0) is 15.1. The quantitative estimate of drug-likeness (QED) is 0.857. The molecule has 4 heteroatoms. The second-order valence-corrected chi connectivity index (χ2v) is 7.10. The highest BCUT2D eigenvalue weighted by Crippen LogP contribution is 2.40. The molecular weight excluding hydrogens is 292 g/mol. The fourth-order valence-corrected chi connectivity index (χ4v) is 4.64. The average molecular weight is 310 g/mol. The summed E-state index contributed by atoms with van der Waals surface area (Å²) in [5.74, 6) is -0.0116. The molecule has 0 fully saturated rings. The number of amides is 1. The molecule has 1 aliphatic heterocycles. The molecule has 2 aromatic rings. The minimum absolute atomic E-state index is 0.0116. The van der Waals surface area contributed by atoms with Gasteiger partial charge in [-0.1, -0.05) is 23.8 Å². The molecule has 3 nitrogen and oxygen atoms in total. The average Bonchev–Trinajstić information content (AvgIpc) is 2.77. The van der Waals surface area contributed by atoms with Crippen LogP contribution in [0.2, 0.25) is 0 Å². The topological polar surface area (TPSA) is 41.5 Å². The van der Waals surface area contributed by atoms with Crippen molar-refractivity contribution in [3.63, 3.8) is 0 Å². The van der Waals surface area contributed by atoms with Gasteiger partial charge in [-0.15, -0.1) is 11.3 Å². The van der Waals surface area contributed by atoms with Crippen LogP contribution in [0.4, 0.5) is 5.00 Å². The van der Waals surface area contributed by atoms with Crippen molar-refractivity contribution in [1.82, 2.24) is 0 Å². The summed E-state index contributed by atoms with van der Waals surface area (Å²) in [6, 6.07) is 8.41. The van der Waals surface area contributed by atoms with E-state index in [0.717, 1.165) is 29.1 Å². The van der Waals surface area contributed by atoms with Gasteiger partial charge in [-0.25, -0.2) is 0 Å². The standard InChI is InChI=1S/C18H18N2OS/c1-11-5-4-6-12(9-11)17-16-13-7-2-3-8-14(13)22-18(16)20-15(21)10-19-17/h4-6,9H,2-3,7-8,10H2,1H3,(H,20,21). The second kappa shape index (κ2) is 5.36. The lowest BCUT2D eigenvalue weighted by molar-refractivity contribution is -0.114. The number of hydrogen-bond acceptors (Lipinski definition) is 3. The molecule has 4 rings (SSSR count). The monoisotopic (exact) mass is 310 g/mol. The summed E-state index contributed by atoms with van der Waals surface area (Å²) in [4.78, 5) is 18.1. The first-order valence-electron chi connectivity index (χ1n) is 7.78. The number of nitrogens with one attached hydrogen (secondary N) is 1. The van der Waals surface area contributed by atoms with Gasteiger partial charge >= 0.3 is 0 Å². The summed E-state index contributed by atoms with van der Waals surface area (Å²) >= 11 is 1.74. The molecule has 1 N–H and O–H groups in total. The number of rotatable bonds is 1. The molecule has 1 amide bonds. The Kier molecular flexibility index (Phi) is 3.34. The summed E-state index contributed by atoms with van der Waals surface area (Å²) in [6.07, 6.45) is 4.70. The molecule has 112 valence electrons. The van der Waals surface area contributed by atoms with E-state index in [9.17, 15) is 4.79 Å². The maximum atomic E-state index is 12.0. The van der Waals surface area contributed by atoms with Gasteiger partial charge in [0.15, 0.2) is 0 Å².